The molecule has 2 atom stereocenters. The Labute approximate surface area is 86.0 Å². The number of rotatable bonds is 2. The molecule has 0 N–H and O–H groups in total. The summed E-state index contributed by atoms with van der Waals surface area (Å²) in [6.07, 6.45) is 6.42. The van der Waals surface area contributed by atoms with Crippen LogP contribution in [0.25, 0.3) is 0 Å². The van der Waals surface area contributed by atoms with Gasteiger partial charge in [0.05, 0.1) is 0 Å². The zero-order valence-corrected chi connectivity index (χ0v) is 9.12. The maximum atomic E-state index is 11.7. The number of piperidine rings is 1. The molecule has 0 aromatic carbocycles. The Morgan fingerprint density at radius 3 is 3.00 bits per heavy atom. The average Bonchev–Trinajstić information content (AvgIpc) is 2.47. The number of hydrogen-bond donors (Lipinski definition) is 0. The van der Waals surface area contributed by atoms with Gasteiger partial charge in [0.15, 0.2) is 5.78 Å². The molecule has 0 amide bonds. The van der Waals surface area contributed by atoms with Crippen molar-refractivity contribution in [2.45, 2.75) is 38.6 Å². The van der Waals surface area contributed by atoms with Gasteiger partial charge in [-0.05, 0) is 37.8 Å². The summed E-state index contributed by atoms with van der Waals surface area (Å²) >= 11 is 0. The van der Waals surface area contributed by atoms with E-state index >= 15 is 0 Å². The van der Waals surface area contributed by atoms with E-state index in [1.54, 1.807) is 0 Å². The number of nitrogens with zero attached hydrogens (tertiary/aromatic N) is 1. The summed E-state index contributed by atoms with van der Waals surface area (Å²) in [7, 11) is 2.18. The molecule has 2 nitrogen and oxygen atoms in total. The molecular weight excluding hydrogens is 174 g/mol. The second-order valence-electron chi connectivity index (χ2n) is 4.54. The van der Waals surface area contributed by atoms with Gasteiger partial charge < -0.3 is 4.90 Å². The van der Waals surface area contributed by atoms with E-state index in [4.69, 9.17) is 0 Å². The highest BCUT2D eigenvalue weighted by molar-refractivity contribution is 5.95. The highest BCUT2D eigenvalue weighted by Crippen LogP contribution is 2.33. The molecule has 1 saturated heterocycles. The predicted molar refractivity (Wildman–Crippen MR) is 57.1 cm³/mol. The van der Waals surface area contributed by atoms with Gasteiger partial charge in [-0.2, -0.15) is 0 Å². The van der Waals surface area contributed by atoms with Crippen molar-refractivity contribution in [2.24, 2.45) is 5.92 Å². The molecule has 1 aliphatic carbocycles. The van der Waals surface area contributed by atoms with Gasteiger partial charge in [0.25, 0.3) is 0 Å². The molecule has 0 aromatic rings. The van der Waals surface area contributed by atoms with Crippen molar-refractivity contribution >= 4 is 5.78 Å². The Morgan fingerprint density at radius 2 is 2.36 bits per heavy atom. The van der Waals surface area contributed by atoms with E-state index in [0.717, 1.165) is 18.5 Å². The molecular formula is C12H19NO. The molecule has 2 heteroatoms. The summed E-state index contributed by atoms with van der Waals surface area (Å²) in [4.78, 5) is 14.1. The molecule has 2 bridgehead atoms. The van der Waals surface area contributed by atoms with Gasteiger partial charge in [-0.15, -0.1) is 0 Å². The SMILES string of the molecule is CCC(=O)C1=CC[C@@H]2CC[C@H]1CN2C. The summed E-state index contributed by atoms with van der Waals surface area (Å²) in [6, 6.07) is 0.688. The molecule has 2 heterocycles. The Bertz CT molecular complexity index is 269. The standard InChI is InChI=1S/C12H19NO/c1-3-12(14)11-7-6-10-5-4-9(11)8-13(10)2/h7,9-10H,3-6,8H2,1-2H3/t9-,10-/m0/s1. The monoisotopic (exact) mass is 193 g/mol. The summed E-state index contributed by atoms with van der Waals surface area (Å²) < 4.78 is 0. The summed E-state index contributed by atoms with van der Waals surface area (Å²) in [5.74, 6) is 0.886. The second kappa shape index (κ2) is 3.85. The van der Waals surface area contributed by atoms with Crippen LogP contribution in [-0.4, -0.2) is 30.3 Å². The topological polar surface area (TPSA) is 20.3 Å². The van der Waals surface area contributed by atoms with Crippen LogP contribution in [0, 0.1) is 5.92 Å². The molecule has 78 valence electrons. The number of carbonyl (C=O) groups is 1. The Morgan fingerprint density at radius 1 is 1.57 bits per heavy atom. The number of Topliss-reactive ketones (excluding diaryl/α,β-unsaturated/α-hetero) is 1. The Balaban J connectivity index is 2.19. The van der Waals surface area contributed by atoms with Crippen molar-refractivity contribution in [1.82, 2.24) is 4.90 Å². The molecule has 1 fully saturated rings. The van der Waals surface area contributed by atoms with Gasteiger partial charge in [0.2, 0.25) is 0 Å². The third-order valence-corrected chi connectivity index (χ3v) is 3.67. The van der Waals surface area contributed by atoms with Crippen LogP contribution in [0.2, 0.25) is 0 Å². The predicted octanol–water partition coefficient (Wildman–Crippen LogP) is 2.01. The fourth-order valence-electron chi connectivity index (χ4n) is 2.73. The van der Waals surface area contributed by atoms with E-state index in [-0.39, 0.29) is 0 Å². The molecule has 2 aliphatic heterocycles. The number of fused-ring (bicyclic) bond motifs is 3. The fourth-order valence-corrected chi connectivity index (χ4v) is 2.73. The van der Waals surface area contributed by atoms with Gasteiger partial charge in [-0.25, -0.2) is 0 Å². The molecule has 0 unspecified atom stereocenters. The minimum Gasteiger partial charge on any atom is -0.303 e. The maximum absolute atomic E-state index is 11.7. The first-order valence-corrected chi connectivity index (χ1v) is 5.66. The van der Waals surface area contributed by atoms with Crippen LogP contribution in [0.15, 0.2) is 11.6 Å². The number of hydrogen-bond acceptors (Lipinski definition) is 2. The van der Waals surface area contributed by atoms with Gasteiger partial charge >= 0.3 is 0 Å². The van der Waals surface area contributed by atoms with E-state index in [1.165, 1.54) is 12.8 Å². The highest BCUT2D eigenvalue weighted by atomic mass is 16.1. The quantitative estimate of drug-likeness (QED) is 0.668. The van der Waals surface area contributed by atoms with E-state index in [0.29, 0.717) is 24.2 Å². The van der Waals surface area contributed by atoms with Gasteiger partial charge in [0, 0.05) is 19.0 Å². The smallest absolute Gasteiger partial charge is 0.158 e. The van der Waals surface area contributed by atoms with Crippen molar-refractivity contribution in [3.05, 3.63) is 11.6 Å². The van der Waals surface area contributed by atoms with Crippen LogP contribution >= 0.6 is 0 Å². The Kier molecular flexibility index (Phi) is 2.73. The van der Waals surface area contributed by atoms with Crippen LogP contribution in [-0.2, 0) is 4.79 Å². The van der Waals surface area contributed by atoms with Crippen molar-refractivity contribution in [1.29, 1.82) is 0 Å². The number of ketones is 1. The van der Waals surface area contributed by atoms with Crippen molar-refractivity contribution in [2.75, 3.05) is 13.6 Å². The van der Waals surface area contributed by atoms with E-state index in [2.05, 4.69) is 18.0 Å². The van der Waals surface area contributed by atoms with Crippen molar-refractivity contribution in [3.63, 3.8) is 0 Å². The summed E-state index contributed by atoms with van der Waals surface area (Å²) in [5.41, 5.74) is 1.12. The lowest BCUT2D eigenvalue weighted by molar-refractivity contribution is -0.115. The van der Waals surface area contributed by atoms with Gasteiger partial charge in [0.1, 0.15) is 0 Å². The highest BCUT2D eigenvalue weighted by Gasteiger charge is 2.32. The van der Waals surface area contributed by atoms with Crippen LogP contribution < -0.4 is 0 Å². The lowest BCUT2D eigenvalue weighted by atomic mass is 9.88. The molecule has 0 radical (unpaired) electrons. The minimum atomic E-state index is 0.367. The molecule has 3 aliphatic rings. The third kappa shape index (κ3) is 1.63. The first kappa shape index (κ1) is 9.91. The van der Waals surface area contributed by atoms with Gasteiger partial charge in [-0.1, -0.05) is 13.0 Å². The van der Waals surface area contributed by atoms with E-state index < -0.39 is 0 Å². The molecule has 0 spiro atoms. The van der Waals surface area contributed by atoms with Crippen molar-refractivity contribution in [3.8, 4) is 0 Å². The van der Waals surface area contributed by atoms with Crippen LogP contribution in [0.3, 0.4) is 0 Å². The molecule has 0 saturated carbocycles. The average molecular weight is 193 g/mol. The van der Waals surface area contributed by atoms with Crippen molar-refractivity contribution < 1.29 is 4.79 Å². The lowest BCUT2D eigenvalue weighted by Crippen LogP contribution is -2.39. The normalized spacial score (nSPS) is 32.6. The minimum absolute atomic E-state index is 0.367. The summed E-state index contributed by atoms with van der Waals surface area (Å²) in [6.45, 7) is 3.05. The largest absolute Gasteiger partial charge is 0.303 e. The number of carbonyl (C=O) groups excluding carboxylic acids is 1. The Hall–Kier alpha value is -0.630. The van der Waals surface area contributed by atoms with Crippen LogP contribution in [0.5, 0.6) is 0 Å². The summed E-state index contributed by atoms with van der Waals surface area (Å²) in [5, 5.41) is 0. The molecule has 14 heavy (non-hydrogen) atoms. The zero-order valence-electron chi connectivity index (χ0n) is 9.12. The van der Waals surface area contributed by atoms with E-state index in [9.17, 15) is 4.79 Å². The first-order chi connectivity index (χ1) is 6.72. The zero-order chi connectivity index (χ0) is 10.1. The van der Waals surface area contributed by atoms with Crippen LogP contribution in [0.1, 0.15) is 32.6 Å². The lowest BCUT2D eigenvalue weighted by Gasteiger charge is -2.34. The van der Waals surface area contributed by atoms with Gasteiger partial charge in [-0.3, -0.25) is 4.79 Å². The fraction of sp³-hybridized carbons (Fsp3) is 0.750. The van der Waals surface area contributed by atoms with Crippen LogP contribution in [0.4, 0.5) is 0 Å². The van der Waals surface area contributed by atoms with E-state index in [1.807, 2.05) is 6.92 Å². The second-order valence-corrected chi connectivity index (χ2v) is 4.54. The molecule has 3 rings (SSSR count). The third-order valence-electron chi connectivity index (χ3n) is 3.67. The molecule has 0 aromatic heterocycles. The maximum Gasteiger partial charge on any atom is 0.158 e. The first-order valence-electron chi connectivity index (χ1n) is 5.66.